The molecule has 0 unspecified atom stereocenters. The van der Waals surface area contributed by atoms with Gasteiger partial charge in [0.15, 0.2) is 0 Å². The van der Waals surface area contributed by atoms with Gasteiger partial charge in [-0.05, 0) is 119 Å². The lowest BCUT2D eigenvalue weighted by Gasteiger charge is -2.25. The number of fused-ring (bicyclic) bond motifs is 19. The fourth-order valence-electron chi connectivity index (χ4n) is 11.5. The predicted octanol–water partition coefficient (Wildman–Crippen LogP) is 20.6. The van der Waals surface area contributed by atoms with Crippen LogP contribution in [0.25, 0.3) is 117 Å². The zero-order chi connectivity index (χ0) is 47.0. The van der Waals surface area contributed by atoms with Crippen molar-refractivity contribution in [1.82, 2.24) is 0 Å². The fraction of sp³-hybridized carbons (Fsp3) is 0. The van der Waals surface area contributed by atoms with Gasteiger partial charge < -0.3 is 18.6 Å². The van der Waals surface area contributed by atoms with E-state index in [1.165, 1.54) is 72.7 Å². The Labute approximate surface area is 420 Å². The number of rotatable bonds is 6. The lowest BCUT2D eigenvalue weighted by molar-refractivity contribution is 0.669. The molecule has 0 spiro atoms. The number of para-hydroxylation sites is 2. The van der Waals surface area contributed by atoms with Gasteiger partial charge in [-0.1, -0.05) is 133 Å². The van der Waals surface area contributed by atoms with Gasteiger partial charge in [-0.3, -0.25) is 0 Å². The molecule has 0 N–H and O–H groups in total. The second-order valence-electron chi connectivity index (χ2n) is 18.8. The standard InChI is InChI=1S/C66H38N2O2S2/c1-3-13-41(14-4-1)67(43-23-33-57-55(35-43)63-47-17-9-7-11-39(47)19-31-59(63)69-57)45-21-25-49-51-27-29-54-53(65(51)71-61(49)37-45)30-28-52-50-26-22-46(38-62(50)72-66(52)54)68(42-15-5-2-6-16-42)44-24-34-58-56(36-44)64-48-18-10-8-12-40(48)20-32-60(64)70-58/h1-38H. The van der Waals surface area contributed by atoms with Gasteiger partial charge in [0, 0.05) is 107 Å². The highest BCUT2D eigenvalue weighted by Crippen LogP contribution is 2.48. The number of anilines is 6. The second kappa shape index (κ2) is 15.3. The minimum Gasteiger partial charge on any atom is -0.456 e. The van der Waals surface area contributed by atoms with Gasteiger partial charge in [-0.25, -0.2) is 0 Å². The summed E-state index contributed by atoms with van der Waals surface area (Å²) in [6.45, 7) is 0. The molecule has 4 heterocycles. The van der Waals surface area contributed by atoms with Crippen LogP contribution in [0.3, 0.4) is 0 Å². The van der Waals surface area contributed by atoms with Gasteiger partial charge >= 0.3 is 0 Å². The molecule has 16 rings (SSSR count). The van der Waals surface area contributed by atoms with Crippen LogP contribution in [0, 0.1) is 0 Å². The van der Waals surface area contributed by atoms with Crippen LogP contribution in [0.5, 0.6) is 0 Å². The lowest BCUT2D eigenvalue weighted by Crippen LogP contribution is -2.09. The van der Waals surface area contributed by atoms with Gasteiger partial charge in [-0.2, -0.15) is 0 Å². The van der Waals surface area contributed by atoms with Crippen LogP contribution in [-0.2, 0) is 0 Å². The first-order chi connectivity index (χ1) is 35.7. The molecule has 12 aromatic carbocycles. The van der Waals surface area contributed by atoms with Gasteiger partial charge in [0.1, 0.15) is 22.3 Å². The number of thiophene rings is 2. The Morgan fingerprint density at radius 3 is 1.07 bits per heavy atom. The van der Waals surface area contributed by atoms with E-state index >= 15 is 0 Å². The Bertz CT molecular complexity index is 4580. The van der Waals surface area contributed by atoms with Crippen LogP contribution >= 0.6 is 22.7 Å². The van der Waals surface area contributed by atoms with Gasteiger partial charge in [0.05, 0.1) is 0 Å². The summed E-state index contributed by atoms with van der Waals surface area (Å²) < 4.78 is 18.0. The minimum absolute atomic E-state index is 0.888. The van der Waals surface area contributed by atoms with E-state index in [2.05, 4.69) is 240 Å². The number of hydrogen-bond acceptors (Lipinski definition) is 6. The molecule has 0 saturated heterocycles. The molecule has 336 valence electrons. The molecule has 4 aromatic heterocycles. The molecular formula is C66H38N2O2S2. The monoisotopic (exact) mass is 954 g/mol. The van der Waals surface area contributed by atoms with Gasteiger partial charge in [-0.15, -0.1) is 22.7 Å². The maximum absolute atomic E-state index is 6.43. The molecule has 0 radical (unpaired) electrons. The van der Waals surface area contributed by atoms with E-state index < -0.39 is 0 Å². The molecule has 0 bridgehead atoms. The van der Waals surface area contributed by atoms with Gasteiger partial charge in [0.2, 0.25) is 0 Å². The number of hydrogen-bond donors (Lipinski definition) is 0. The fourth-order valence-corrected chi connectivity index (χ4v) is 14.1. The highest BCUT2D eigenvalue weighted by Gasteiger charge is 2.21. The van der Waals surface area contributed by atoms with Crippen LogP contribution in [0.15, 0.2) is 239 Å². The summed E-state index contributed by atoms with van der Waals surface area (Å²) >= 11 is 3.78. The van der Waals surface area contributed by atoms with E-state index in [-0.39, 0.29) is 0 Å². The maximum Gasteiger partial charge on any atom is 0.136 e. The number of furan rings is 2. The molecule has 0 amide bonds. The van der Waals surface area contributed by atoms with Crippen molar-refractivity contribution in [2.75, 3.05) is 9.80 Å². The zero-order valence-corrected chi connectivity index (χ0v) is 40.1. The molecule has 4 nitrogen and oxygen atoms in total. The summed E-state index contributed by atoms with van der Waals surface area (Å²) in [4.78, 5) is 4.75. The normalized spacial score (nSPS) is 12.2. The third-order valence-corrected chi connectivity index (χ3v) is 17.2. The number of nitrogens with zero attached hydrogens (tertiary/aromatic N) is 2. The largest absolute Gasteiger partial charge is 0.456 e. The highest BCUT2D eigenvalue weighted by molar-refractivity contribution is 7.28. The summed E-state index contributed by atoms with van der Waals surface area (Å²) in [6.07, 6.45) is 0. The molecule has 16 aromatic rings. The smallest absolute Gasteiger partial charge is 0.136 e. The average molecular weight is 955 g/mol. The van der Waals surface area contributed by atoms with Crippen LogP contribution in [0.2, 0.25) is 0 Å². The van der Waals surface area contributed by atoms with Crippen LogP contribution in [-0.4, -0.2) is 0 Å². The first-order valence-electron chi connectivity index (χ1n) is 24.3. The van der Waals surface area contributed by atoms with Crippen molar-refractivity contribution in [2.45, 2.75) is 0 Å². The Morgan fingerprint density at radius 1 is 0.250 bits per heavy atom. The molecule has 72 heavy (non-hydrogen) atoms. The molecule has 6 heteroatoms. The first-order valence-corrected chi connectivity index (χ1v) is 25.9. The molecule has 0 aliphatic carbocycles. The second-order valence-corrected chi connectivity index (χ2v) is 20.9. The minimum atomic E-state index is 0.888. The summed E-state index contributed by atoms with van der Waals surface area (Å²) in [5, 5.41) is 17.0. The van der Waals surface area contributed by atoms with Crippen molar-refractivity contribution < 1.29 is 8.83 Å². The van der Waals surface area contributed by atoms with E-state index in [1.54, 1.807) is 0 Å². The summed E-state index contributed by atoms with van der Waals surface area (Å²) in [5.74, 6) is 0. The molecule has 0 aliphatic heterocycles. The van der Waals surface area contributed by atoms with Crippen LogP contribution in [0.4, 0.5) is 34.1 Å². The maximum atomic E-state index is 6.43. The Balaban J connectivity index is 0.818. The third-order valence-electron chi connectivity index (χ3n) is 14.8. The Hall–Kier alpha value is -8.94. The van der Waals surface area contributed by atoms with Crippen molar-refractivity contribution in [3.8, 4) is 0 Å². The van der Waals surface area contributed by atoms with E-state index in [1.807, 2.05) is 22.7 Å². The zero-order valence-electron chi connectivity index (χ0n) is 38.5. The van der Waals surface area contributed by atoms with Crippen molar-refractivity contribution in [1.29, 1.82) is 0 Å². The average Bonchev–Trinajstić information content (AvgIpc) is 4.21. The summed E-state index contributed by atoms with van der Waals surface area (Å²) in [6, 6.07) is 83.6. The van der Waals surface area contributed by atoms with Crippen molar-refractivity contribution in [3.05, 3.63) is 231 Å². The van der Waals surface area contributed by atoms with E-state index in [9.17, 15) is 0 Å². The molecule has 0 aliphatic rings. The Kier molecular flexibility index (Phi) is 8.46. The van der Waals surface area contributed by atoms with Crippen LogP contribution in [0.1, 0.15) is 0 Å². The third kappa shape index (κ3) is 5.91. The van der Waals surface area contributed by atoms with Gasteiger partial charge in [0.25, 0.3) is 0 Å². The lowest BCUT2D eigenvalue weighted by atomic mass is 10.0. The van der Waals surface area contributed by atoms with Crippen molar-refractivity contribution >= 4 is 173 Å². The topological polar surface area (TPSA) is 32.8 Å². The van der Waals surface area contributed by atoms with E-state index in [0.29, 0.717) is 0 Å². The molecule has 0 atom stereocenters. The summed E-state index contributed by atoms with van der Waals surface area (Å²) in [5.41, 5.74) is 10.2. The quantitative estimate of drug-likeness (QED) is 0.166. The highest BCUT2D eigenvalue weighted by atomic mass is 32.1. The van der Waals surface area contributed by atoms with Crippen molar-refractivity contribution in [3.63, 3.8) is 0 Å². The predicted molar refractivity (Wildman–Crippen MR) is 309 cm³/mol. The SMILES string of the molecule is c1ccc(N(c2ccc3c(c2)sc2c3ccc3c2ccc2c4ccc(N(c5ccccc5)c5ccc6oc7ccc8ccccc8c7c6c5)cc4sc23)c2ccc3oc4ccc5ccccc5c4c3c2)cc1. The molecular weight excluding hydrogens is 917 g/mol. The van der Waals surface area contributed by atoms with E-state index in [0.717, 1.165) is 78.0 Å². The summed E-state index contributed by atoms with van der Waals surface area (Å²) in [7, 11) is 0. The van der Waals surface area contributed by atoms with E-state index in [4.69, 9.17) is 8.83 Å². The van der Waals surface area contributed by atoms with Crippen LogP contribution < -0.4 is 9.80 Å². The number of benzene rings is 12. The molecule has 0 saturated carbocycles. The Morgan fingerprint density at radius 2 is 0.611 bits per heavy atom. The first kappa shape index (κ1) is 39.9. The van der Waals surface area contributed by atoms with Crippen molar-refractivity contribution in [2.24, 2.45) is 0 Å². The molecule has 0 fully saturated rings.